The molecule has 10 heteroatoms. The van der Waals surface area contributed by atoms with Gasteiger partial charge in [0.15, 0.2) is 5.82 Å². The van der Waals surface area contributed by atoms with Gasteiger partial charge >= 0.3 is 12.1 Å². The molecular weight excluding hydrogens is 554 g/mol. The second kappa shape index (κ2) is 11.8. The summed E-state index contributed by atoms with van der Waals surface area (Å²) in [6.45, 7) is 5.86. The van der Waals surface area contributed by atoms with Gasteiger partial charge in [-0.3, -0.25) is 0 Å². The molecule has 2 aromatic heterocycles. The minimum absolute atomic E-state index is 0.307. The standard InChI is InChI=1S/C34H31N7O3/c1-34(2,3)44-33(43)41-29-17-16-26(19-24(29)21-36-41)37-31-27-14-7-8-15-28(27)39-30(40-31)23-12-9-13-25(18-23)38-32(42)35-20-22-10-5-4-6-11-22/h4-19,21H,20H2,1-3H3,(H2,35,38,42)(H,37,39,40). The van der Waals surface area contributed by atoms with Gasteiger partial charge in [-0.25, -0.2) is 19.6 Å². The van der Waals surface area contributed by atoms with Crippen LogP contribution in [-0.4, -0.2) is 37.5 Å². The normalized spacial score (nSPS) is 11.3. The van der Waals surface area contributed by atoms with Crippen molar-refractivity contribution in [2.45, 2.75) is 32.9 Å². The number of ether oxygens (including phenoxy) is 1. The van der Waals surface area contributed by atoms with E-state index >= 15 is 0 Å². The van der Waals surface area contributed by atoms with Gasteiger partial charge < -0.3 is 20.7 Å². The van der Waals surface area contributed by atoms with Gasteiger partial charge in [0.1, 0.15) is 11.4 Å². The lowest BCUT2D eigenvalue weighted by Gasteiger charge is -2.19. The zero-order chi connectivity index (χ0) is 30.7. The molecule has 0 bridgehead atoms. The Bertz CT molecular complexity index is 1980. The highest BCUT2D eigenvalue weighted by molar-refractivity contribution is 5.95. The van der Waals surface area contributed by atoms with E-state index in [-0.39, 0.29) is 6.03 Å². The van der Waals surface area contributed by atoms with Crippen LogP contribution in [0.2, 0.25) is 0 Å². The van der Waals surface area contributed by atoms with Crippen molar-refractivity contribution in [3.8, 4) is 11.4 Å². The van der Waals surface area contributed by atoms with Crippen LogP contribution in [0.4, 0.5) is 26.8 Å². The molecule has 0 radical (unpaired) electrons. The van der Waals surface area contributed by atoms with Crippen molar-refractivity contribution in [2.75, 3.05) is 10.6 Å². The van der Waals surface area contributed by atoms with Crippen LogP contribution in [0.3, 0.4) is 0 Å². The van der Waals surface area contributed by atoms with E-state index in [1.165, 1.54) is 4.68 Å². The second-order valence-electron chi connectivity index (χ2n) is 11.2. The summed E-state index contributed by atoms with van der Waals surface area (Å²) in [6.07, 6.45) is 1.09. The maximum Gasteiger partial charge on any atom is 0.435 e. The molecule has 10 nitrogen and oxygen atoms in total. The maximum absolute atomic E-state index is 12.6. The Balaban J connectivity index is 1.25. The molecule has 0 aliphatic heterocycles. The molecule has 0 saturated carbocycles. The average Bonchev–Trinajstić information content (AvgIpc) is 3.43. The first-order valence-electron chi connectivity index (χ1n) is 14.2. The number of rotatable bonds is 6. The molecule has 6 aromatic rings. The first kappa shape index (κ1) is 28.4. The Labute approximate surface area is 254 Å². The lowest BCUT2D eigenvalue weighted by molar-refractivity contribution is 0.0522. The Morgan fingerprint density at radius 1 is 0.841 bits per heavy atom. The van der Waals surface area contributed by atoms with Gasteiger partial charge in [-0.05, 0) is 68.8 Å². The summed E-state index contributed by atoms with van der Waals surface area (Å²) in [7, 11) is 0. The van der Waals surface area contributed by atoms with Crippen LogP contribution in [0.15, 0.2) is 103 Å². The van der Waals surface area contributed by atoms with Crippen molar-refractivity contribution in [2.24, 2.45) is 0 Å². The predicted octanol–water partition coefficient (Wildman–Crippen LogP) is 7.50. The summed E-state index contributed by atoms with van der Waals surface area (Å²) in [5, 5.41) is 15.0. The van der Waals surface area contributed by atoms with Crippen LogP contribution in [0.1, 0.15) is 26.3 Å². The molecule has 2 heterocycles. The van der Waals surface area contributed by atoms with Crippen molar-refractivity contribution < 1.29 is 14.3 Å². The highest BCUT2D eigenvalue weighted by Crippen LogP contribution is 2.30. The molecule has 220 valence electrons. The molecule has 6 rings (SSSR count). The van der Waals surface area contributed by atoms with Gasteiger partial charge in [0.2, 0.25) is 0 Å². The van der Waals surface area contributed by atoms with Crippen LogP contribution < -0.4 is 16.0 Å². The van der Waals surface area contributed by atoms with Crippen molar-refractivity contribution >= 4 is 51.1 Å². The molecule has 0 spiro atoms. The minimum Gasteiger partial charge on any atom is -0.442 e. The highest BCUT2D eigenvalue weighted by Gasteiger charge is 2.20. The molecule has 0 atom stereocenters. The van der Waals surface area contributed by atoms with Crippen LogP contribution in [0, 0.1) is 0 Å². The minimum atomic E-state index is -0.632. The number of nitrogens with one attached hydrogen (secondary N) is 3. The highest BCUT2D eigenvalue weighted by atomic mass is 16.6. The number of carbonyl (C=O) groups excluding carboxylic acids is 2. The lowest BCUT2D eigenvalue weighted by atomic mass is 10.1. The van der Waals surface area contributed by atoms with Gasteiger partial charge in [0.25, 0.3) is 0 Å². The zero-order valence-electron chi connectivity index (χ0n) is 24.5. The molecule has 0 aliphatic rings. The number of urea groups is 1. The first-order valence-corrected chi connectivity index (χ1v) is 14.2. The Morgan fingerprint density at radius 3 is 2.45 bits per heavy atom. The third-order valence-corrected chi connectivity index (χ3v) is 6.67. The number of benzene rings is 4. The number of anilines is 3. The van der Waals surface area contributed by atoms with Crippen molar-refractivity contribution in [1.29, 1.82) is 0 Å². The second-order valence-corrected chi connectivity index (χ2v) is 11.2. The van der Waals surface area contributed by atoms with E-state index in [0.717, 1.165) is 33.1 Å². The van der Waals surface area contributed by atoms with Crippen molar-refractivity contribution in [3.05, 3.63) is 109 Å². The number of para-hydroxylation sites is 1. The zero-order valence-corrected chi connectivity index (χ0v) is 24.5. The van der Waals surface area contributed by atoms with Crippen LogP contribution >= 0.6 is 0 Å². The van der Waals surface area contributed by atoms with Crippen molar-refractivity contribution in [3.63, 3.8) is 0 Å². The summed E-state index contributed by atoms with van der Waals surface area (Å²) in [5.41, 5.74) is 3.90. The van der Waals surface area contributed by atoms with Gasteiger partial charge in [0.05, 0.1) is 17.2 Å². The van der Waals surface area contributed by atoms with E-state index in [1.807, 2.05) is 118 Å². The number of hydrogen-bond donors (Lipinski definition) is 3. The van der Waals surface area contributed by atoms with E-state index in [1.54, 1.807) is 6.20 Å². The molecule has 0 aliphatic carbocycles. The SMILES string of the molecule is CC(C)(C)OC(=O)n1ncc2cc(Nc3nc(-c4cccc(NC(=O)NCc5ccccc5)c4)nc4ccccc34)ccc21. The smallest absolute Gasteiger partial charge is 0.435 e. The average molecular weight is 586 g/mol. The molecule has 2 amide bonds. The first-order chi connectivity index (χ1) is 21.2. The lowest BCUT2D eigenvalue weighted by Crippen LogP contribution is -2.28. The quantitative estimate of drug-likeness (QED) is 0.185. The van der Waals surface area contributed by atoms with Crippen LogP contribution in [0.25, 0.3) is 33.2 Å². The molecule has 0 saturated heterocycles. The monoisotopic (exact) mass is 585 g/mol. The molecule has 0 unspecified atom stereocenters. The molecule has 4 aromatic carbocycles. The predicted molar refractivity (Wildman–Crippen MR) is 172 cm³/mol. The summed E-state index contributed by atoms with van der Waals surface area (Å²) >= 11 is 0. The summed E-state index contributed by atoms with van der Waals surface area (Å²) < 4.78 is 6.74. The number of fused-ring (bicyclic) bond motifs is 2. The maximum atomic E-state index is 12.6. The van der Waals surface area contributed by atoms with E-state index in [4.69, 9.17) is 14.7 Å². The van der Waals surface area contributed by atoms with Gasteiger partial charge in [-0.2, -0.15) is 9.78 Å². The van der Waals surface area contributed by atoms with Gasteiger partial charge in [0, 0.05) is 34.3 Å². The number of aromatic nitrogens is 4. The van der Waals surface area contributed by atoms with E-state index < -0.39 is 11.7 Å². The Hall–Kier alpha value is -5.77. The third-order valence-electron chi connectivity index (χ3n) is 6.67. The number of hydrogen-bond acceptors (Lipinski definition) is 7. The Morgan fingerprint density at radius 2 is 1.64 bits per heavy atom. The van der Waals surface area contributed by atoms with Crippen molar-refractivity contribution in [1.82, 2.24) is 25.1 Å². The number of nitrogens with zero attached hydrogens (tertiary/aromatic N) is 4. The fraction of sp³-hybridized carbons (Fsp3) is 0.147. The number of amides is 2. The topological polar surface area (TPSA) is 123 Å². The molecule has 0 fully saturated rings. The Kier molecular flexibility index (Phi) is 7.63. The van der Waals surface area contributed by atoms with Gasteiger partial charge in [-0.15, -0.1) is 0 Å². The fourth-order valence-corrected chi connectivity index (χ4v) is 4.69. The summed E-state index contributed by atoms with van der Waals surface area (Å²) in [4.78, 5) is 34.9. The largest absolute Gasteiger partial charge is 0.442 e. The van der Waals surface area contributed by atoms with E-state index in [0.29, 0.717) is 29.4 Å². The molecule has 44 heavy (non-hydrogen) atoms. The van der Waals surface area contributed by atoms with Crippen LogP contribution in [0.5, 0.6) is 0 Å². The van der Waals surface area contributed by atoms with E-state index in [2.05, 4.69) is 21.0 Å². The summed E-state index contributed by atoms with van der Waals surface area (Å²) in [6, 6.07) is 30.1. The summed E-state index contributed by atoms with van der Waals surface area (Å²) in [5.74, 6) is 1.11. The van der Waals surface area contributed by atoms with Crippen LogP contribution in [-0.2, 0) is 11.3 Å². The third kappa shape index (κ3) is 6.49. The molecule has 3 N–H and O–H groups in total. The fourth-order valence-electron chi connectivity index (χ4n) is 4.69. The van der Waals surface area contributed by atoms with Gasteiger partial charge in [-0.1, -0.05) is 54.6 Å². The number of carbonyl (C=O) groups is 2. The van der Waals surface area contributed by atoms with E-state index in [9.17, 15) is 9.59 Å². The molecular formula is C34H31N7O3.